The zero-order valence-electron chi connectivity index (χ0n) is 13.9. The number of hydrogen-bond donors (Lipinski definition) is 2. The van der Waals surface area contributed by atoms with Crippen LogP contribution < -0.4 is 0 Å². The van der Waals surface area contributed by atoms with Gasteiger partial charge in [-0.2, -0.15) is 48.8 Å². The summed E-state index contributed by atoms with van der Waals surface area (Å²) >= 11 is 22.1. The molecule has 4 unspecified atom stereocenters. The Balaban J connectivity index is 1.25. The number of hydrogen-bond acceptors (Lipinski definition) is 8. The Hall–Kier alpha value is 2.80. The van der Waals surface area contributed by atoms with Crippen LogP contribution in [0.3, 0.4) is 0 Å². The molecule has 0 spiro atoms. The Morgan fingerprint density at radius 2 is 1.12 bits per heavy atom. The fourth-order valence-corrected chi connectivity index (χ4v) is 14.0. The van der Waals surface area contributed by atoms with Gasteiger partial charge in [-0.1, -0.05) is 0 Å². The van der Waals surface area contributed by atoms with Crippen LogP contribution in [0.4, 0.5) is 0 Å². The molecule has 0 bridgehead atoms. The normalized spacial score (nSPS) is 40.2. The molecule has 3 rings (SSSR count). The first-order valence-corrected chi connectivity index (χ1v) is 16.1. The summed E-state index contributed by atoms with van der Waals surface area (Å²) in [7, 11) is 0. The van der Waals surface area contributed by atoms with Gasteiger partial charge in [0.15, 0.2) is 0 Å². The fraction of sp³-hybridized carbons (Fsp3) is 1.00. The number of rotatable bonds is 8. The van der Waals surface area contributed by atoms with E-state index in [0.29, 0.717) is 0 Å². The van der Waals surface area contributed by atoms with Gasteiger partial charge in [-0.05, 0) is 25.7 Å². The third kappa shape index (κ3) is 7.00. The molecule has 2 saturated heterocycles. The number of thiol groups is 2. The molecule has 2 heterocycles. The van der Waals surface area contributed by atoms with Crippen molar-refractivity contribution in [2.75, 3.05) is 34.5 Å². The molecule has 1 saturated carbocycles. The van der Waals surface area contributed by atoms with Crippen molar-refractivity contribution in [2.24, 2.45) is 0 Å². The van der Waals surface area contributed by atoms with E-state index in [1.165, 1.54) is 48.7 Å². The standard InChI is InChI=1S/C16H28S8/c17-5-13-7-21-15(23-13)9-19-11-1-2-12(4-3-11)20-10-16-22-8-14(6-18)24-16/h11-18H,1-10H2. The van der Waals surface area contributed by atoms with E-state index in [1.807, 2.05) is 0 Å². The summed E-state index contributed by atoms with van der Waals surface area (Å²) in [5.74, 6) is 7.42. The number of thioether (sulfide) groups is 6. The van der Waals surface area contributed by atoms with Gasteiger partial charge in [0, 0.05) is 55.5 Å². The molecule has 3 aliphatic rings. The quantitative estimate of drug-likeness (QED) is 0.411. The Morgan fingerprint density at radius 3 is 1.46 bits per heavy atom. The molecule has 0 nitrogen and oxygen atoms in total. The minimum absolute atomic E-state index is 0.796. The summed E-state index contributed by atoms with van der Waals surface area (Å²) in [4.78, 5) is 0. The van der Waals surface area contributed by atoms with Gasteiger partial charge in [-0.3, -0.25) is 0 Å². The van der Waals surface area contributed by atoms with Crippen LogP contribution >= 0.6 is 95.8 Å². The van der Waals surface area contributed by atoms with E-state index < -0.39 is 0 Å². The molecule has 24 heavy (non-hydrogen) atoms. The SMILES string of the molecule is SCC1CSC(CSC2CCC(SCC3SCC(CS)S3)CC2)S1. The van der Waals surface area contributed by atoms with E-state index in [4.69, 9.17) is 0 Å². The van der Waals surface area contributed by atoms with Gasteiger partial charge in [-0.25, -0.2) is 0 Å². The van der Waals surface area contributed by atoms with Crippen LogP contribution in [-0.2, 0) is 0 Å². The Kier molecular flexibility index (Phi) is 10.5. The van der Waals surface area contributed by atoms with E-state index in [1.54, 1.807) is 0 Å². The minimum Gasteiger partial charge on any atom is -0.178 e. The van der Waals surface area contributed by atoms with Crippen LogP contribution in [0.15, 0.2) is 0 Å². The Bertz CT molecular complexity index is 326. The lowest BCUT2D eigenvalue weighted by molar-refractivity contribution is 0.528. The molecule has 140 valence electrons. The maximum atomic E-state index is 4.45. The van der Waals surface area contributed by atoms with Crippen LogP contribution in [0, 0.1) is 0 Å². The van der Waals surface area contributed by atoms with Gasteiger partial charge in [-0.15, -0.1) is 47.0 Å². The minimum atomic E-state index is 0.796. The highest BCUT2D eigenvalue weighted by molar-refractivity contribution is 8.22. The van der Waals surface area contributed by atoms with Gasteiger partial charge >= 0.3 is 0 Å². The molecular weight excluding hydrogens is 449 g/mol. The highest BCUT2D eigenvalue weighted by atomic mass is 32.2. The molecule has 8 heteroatoms. The first kappa shape index (κ1) is 21.5. The largest absolute Gasteiger partial charge is 0.178 e. The summed E-state index contributed by atoms with van der Waals surface area (Å²) < 4.78 is 1.66. The van der Waals surface area contributed by atoms with Crippen LogP contribution in [0.5, 0.6) is 0 Å². The van der Waals surface area contributed by atoms with E-state index in [9.17, 15) is 0 Å². The molecule has 1 aliphatic carbocycles. The predicted octanol–water partition coefficient (Wildman–Crippen LogP) is 5.97. The zero-order chi connectivity index (χ0) is 16.8. The Labute approximate surface area is 184 Å². The van der Waals surface area contributed by atoms with Crippen molar-refractivity contribution in [3.8, 4) is 0 Å². The summed E-state index contributed by atoms with van der Waals surface area (Å²) in [6.45, 7) is 0. The Morgan fingerprint density at radius 1 is 0.708 bits per heavy atom. The van der Waals surface area contributed by atoms with Crippen LogP contribution in [-0.4, -0.2) is 64.7 Å². The van der Waals surface area contributed by atoms with E-state index in [2.05, 4.69) is 95.8 Å². The second kappa shape index (κ2) is 11.7. The molecule has 0 radical (unpaired) electrons. The van der Waals surface area contributed by atoms with Crippen molar-refractivity contribution >= 4 is 95.8 Å². The van der Waals surface area contributed by atoms with Crippen LogP contribution in [0.1, 0.15) is 25.7 Å². The van der Waals surface area contributed by atoms with E-state index in [-0.39, 0.29) is 0 Å². The average Bonchev–Trinajstić information content (AvgIpc) is 3.28. The smallest absolute Gasteiger partial charge is 0.0596 e. The molecule has 4 atom stereocenters. The predicted molar refractivity (Wildman–Crippen MR) is 134 cm³/mol. The molecule has 2 aliphatic heterocycles. The molecular formula is C16H28S8. The summed E-state index contributed by atoms with van der Waals surface area (Å²) in [6, 6.07) is 0. The zero-order valence-corrected chi connectivity index (χ0v) is 20.6. The van der Waals surface area contributed by atoms with Gasteiger partial charge in [0.1, 0.15) is 0 Å². The topological polar surface area (TPSA) is 0 Å². The molecule has 3 fully saturated rings. The highest BCUT2D eigenvalue weighted by Gasteiger charge is 2.29. The molecule has 0 aromatic heterocycles. The lowest BCUT2D eigenvalue weighted by atomic mass is 10.00. The lowest BCUT2D eigenvalue weighted by Crippen LogP contribution is -2.20. The van der Waals surface area contributed by atoms with Crippen molar-refractivity contribution in [1.29, 1.82) is 0 Å². The van der Waals surface area contributed by atoms with Crippen LogP contribution in [0.25, 0.3) is 0 Å². The second-order valence-corrected chi connectivity index (χ2v) is 16.0. The molecule has 0 aromatic rings. The van der Waals surface area contributed by atoms with E-state index >= 15 is 0 Å². The third-order valence-corrected chi connectivity index (χ3v) is 16.3. The second-order valence-electron chi connectivity index (χ2n) is 6.47. The van der Waals surface area contributed by atoms with Crippen molar-refractivity contribution in [1.82, 2.24) is 0 Å². The summed E-state index contributed by atoms with van der Waals surface area (Å²) in [5, 5.41) is 3.46. The van der Waals surface area contributed by atoms with Gasteiger partial charge in [0.25, 0.3) is 0 Å². The lowest BCUT2D eigenvalue weighted by Gasteiger charge is -2.28. The van der Waals surface area contributed by atoms with Gasteiger partial charge in [0.2, 0.25) is 0 Å². The maximum Gasteiger partial charge on any atom is 0.0596 e. The van der Waals surface area contributed by atoms with E-state index in [0.717, 1.165) is 41.7 Å². The monoisotopic (exact) mass is 476 g/mol. The third-order valence-electron chi connectivity index (χ3n) is 4.59. The average molecular weight is 477 g/mol. The van der Waals surface area contributed by atoms with Gasteiger partial charge in [0.05, 0.1) is 9.16 Å². The van der Waals surface area contributed by atoms with Gasteiger partial charge < -0.3 is 0 Å². The summed E-state index contributed by atoms with van der Waals surface area (Å²) in [6.07, 6.45) is 5.80. The molecule has 0 N–H and O–H groups in total. The first-order chi connectivity index (χ1) is 11.8. The van der Waals surface area contributed by atoms with Crippen molar-refractivity contribution in [3.05, 3.63) is 0 Å². The first-order valence-electron chi connectivity index (χ1n) is 8.76. The van der Waals surface area contributed by atoms with Crippen molar-refractivity contribution in [2.45, 2.75) is 55.8 Å². The van der Waals surface area contributed by atoms with Crippen molar-refractivity contribution in [3.63, 3.8) is 0 Å². The van der Waals surface area contributed by atoms with Crippen LogP contribution in [0.2, 0.25) is 0 Å². The molecule has 0 aromatic carbocycles. The molecule has 0 amide bonds. The maximum absolute atomic E-state index is 4.45. The highest BCUT2D eigenvalue weighted by Crippen LogP contribution is 2.44. The summed E-state index contributed by atoms with van der Waals surface area (Å²) in [5.41, 5.74) is 0. The van der Waals surface area contributed by atoms with Crippen molar-refractivity contribution < 1.29 is 0 Å². The fourth-order valence-electron chi connectivity index (χ4n) is 3.18.